The Balaban J connectivity index is 2.57. The summed E-state index contributed by atoms with van der Waals surface area (Å²) in [4.78, 5) is 13.8. The first kappa shape index (κ1) is 14.6. The van der Waals surface area contributed by atoms with Crippen molar-refractivity contribution < 1.29 is 9.90 Å². The van der Waals surface area contributed by atoms with Crippen LogP contribution in [0.5, 0.6) is 0 Å². The van der Waals surface area contributed by atoms with Gasteiger partial charge in [-0.3, -0.25) is 9.69 Å². The van der Waals surface area contributed by atoms with Gasteiger partial charge in [-0.1, -0.05) is 12.1 Å². The first-order valence-electron chi connectivity index (χ1n) is 5.47. The summed E-state index contributed by atoms with van der Waals surface area (Å²) < 4.78 is 1.11. The fourth-order valence-corrected chi connectivity index (χ4v) is 2.05. The number of hydrogen-bond donors (Lipinski definition) is 1. The Morgan fingerprint density at radius 2 is 1.88 bits per heavy atom. The molecule has 0 heterocycles. The molecular formula is C13H18INO2. The van der Waals surface area contributed by atoms with Crippen molar-refractivity contribution in [2.75, 3.05) is 20.1 Å². The highest BCUT2D eigenvalue weighted by atomic mass is 127. The average molecular weight is 347 g/mol. The molecule has 17 heavy (non-hydrogen) atoms. The minimum absolute atomic E-state index is 0.0770. The van der Waals surface area contributed by atoms with Gasteiger partial charge in [-0.05, 0) is 55.6 Å². The third-order valence-corrected chi connectivity index (χ3v) is 2.96. The van der Waals surface area contributed by atoms with Crippen LogP contribution in [-0.2, 0) is 0 Å². The van der Waals surface area contributed by atoms with E-state index < -0.39 is 5.60 Å². The van der Waals surface area contributed by atoms with Crippen molar-refractivity contribution in [1.29, 1.82) is 0 Å². The molecule has 0 unspecified atom stereocenters. The molecule has 0 fully saturated rings. The zero-order chi connectivity index (χ0) is 13.1. The molecule has 4 heteroatoms. The van der Waals surface area contributed by atoms with Crippen molar-refractivity contribution in [3.63, 3.8) is 0 Å². The van der Waals surface area contributed by atoms with Crippen molar-refractivity contribution in [3.05, 3.63) is 33.4 Å². The largest absolute Gasteiger partial charge is 0.389 e. The normalized spacial score (nSPS) is 11.9. The lowest BCUT2D eigenvalue weighted by atomic mass is 10.1. The van der Waals surface area contributed by atoms with E-state index in [1.54, 1.807) is 13.8 Å². The molecule has 0 saturated carbocycles. The molecule has 0 aliphatic rings. The molecule has 0 aliphatic heterocycles. The lowest BCUT2D eigenvalue weighted by molar-refractivity contribution is 0.0439. The molecule has 0 bridgehead atoms. The highest BCUT2D eigenvalue weighted by Gasteiger charge is 2.17. The minimum Gasteiger partial charge on any atom is -0.389 e. The Labute approximate surface area is 116 Å². The van der Waals surface area contributed by atoms with Gasteiger partial charge in [-0.15, -0.1) is 0 Å². The molecule has 0 aromatic heterocycles. The maximum atomic E-state index is 11.9. The second-order valence-electron chi connectivity index (χ2n) is 4.91. The third kappa shape index (κ3) is 5.61. The molecule has 1 N–H and O–H groups in total. The van der Waals surface area contributed by atoms with Gasteiger partial charge >= 0.3 is 0 Å². The van der Waals surface area contributed by atoms with Crippen LogP contribution in [0.2, 0.25) is 0 Å². The summed E-state index contributed by atoms with van der Waals surface area (Å²) in [5.41, 5.74) is -0.0609. The summed E-state index contributed by atoms with van der Waals surface area (Å²) in [6.45, 7) is 4.27. The van der Waals surface area contributed by atoms with Crippen molar-refractivity contribution in [2.24, 2.45) is 0 Å². The molecule has 0 saturated heterocycles. The highest BCUT2D eigenvalue weighted by molar-refractivity contribution is 14.1. The first-order chi connectivity index (χ1) is 7.78. The number of benzene rings is 1. The second kappa shape index (κ2) is 5.93. The molecule has 0 amide bonds. The SMILES string of the molecule is CN(CC(=O)c1ccc(I)cc1)CC(C)(C)O. The van der Waals surface area contributed by atoms with E-state index in [2.05, 4.69) is 22.6 Å². The summed E-state index contributed by atoms with van der Waals surface area (Å²) in [5.74, 6) is 0.0770. The van der Waals surface area contributed by atoms with Crippen LogP contribution >= 0.6 is 22.6 Å². The van der Waals surface area contributed by atoms with Crippen LogP contribution in [0.4, 0.5) is 0 Å². The zero-order valence-corrected chi connectivity index (χ0v) is 12.6. The predicted octanol–water partition coefficient (Wildman–Crippen LogP) is 2.18. The molecular weight excluding hydrogens is 329 g/mol. The number of carbonyl (C=O) groups is 1. The molecule has 3 nitrogen and oxygen atoms in total. The number of aliphatic hydroxyl groups is 1. The average Bonchev–Trinajstić information content (AvgIpc) is 2.15. The highest BCUT2D eigenvalue weighted by Crippen LogP contribution is 2.09. The van der Waals surface area contributed by atoms with E-state index >= 15 is 0 Å². The number of halogens is 1. The number of ketones is 1. The number of likely N-dealkylation sites (N-methyl/N-ethyl adjacent to an activating group) is 1. The zero-order valence-electron chi connectivity index (χ0n) is 10.4. The van der Waals surface area contributed by atoms with Crippen LogP contribution in [-0.4, -0.2) is 41.5 Å². The fraction of sp³-hybridized carbons (Fsp3) is 0.462. The smallest absolute Gasteiger partial charge is 0.176 e. The van der Waals surface area contributed by atoms with Crippen molar-refractivity contribution in [2.45, 2.75) is 19.4 Å². The third-order valence-electron chi connectivity index (χ3n) is 2.24. The summed E-state index contributed by atoms with van der Waals surface area (Å²) >= 11 is 2.21. The first-order valence-corrected chi connectivity index (χ1v) is 6.55. The lowest BCUT2D eigenvalue weighted by Crippen LogP contribution is -2.38. The molecule has 94 valence electrons. The van der Waals surface area contributed by atoms with E-state index in [1.165, 1.54) is 0 Å². The Morgan fingerprint density at radius 3 is 2.35 bits per heavy atom. The molecule has 1 aromatic carbocycles. The van der Waals surface area contributed by atoms with Gasteiger partial charge in [0.05, 0.1) is 12.1 Å². The van der Waals surface area contributed by atoms with Gasteiger partial charge in [0.1, 0.15) is 0 Å². The number of hydrogen-bond acceptors (Lipinski definition) is 3. The van der Waals surface area contributed by atoms with Gasteiger partial charge in [0, 0.05) is 15.7 Å². The summed E-state index contributed by atoms with van der Waals surface area (Å²) in [6.07, 6.45) is 0. The minimum atomic E-state index is -0.777. The number of carbonyl (C=O) groups excluding carboxylic acids is 1. The monoisotopic (exact) mass is 347 g/mol. The maximum absolute atomic E-state index is 11.9. The van der Waals surface area contributed by atoms with E-state index in [-0.39, 0.29) is 5.78 Å². The molecule has 0 atom stereocenters. The number of nitrogens with zero attached hydrogens (tertiary/aromatic N) is 1. The molecule has 0 aliphatic carbocycles. The Hall–Kier alpha value is -0.460. The molecule has 0 spiro atoms. The van der Waals surface area contributed by atoms with Crippen LogP contribution in [0.3, 0.4) is 0 Å². The topological polar surface area (TPSA) is 40.5 Å². The van der Waals surface area contributed by atoms with Crippen molar-refractivity contribution >= 4 is 28.4 Å². The van der Waals surface area contributed by atoms with Gasteiger partial charge in [0.25, 0.3) is 0 Å². The maximum Gasteiger partial charge on any atom is 0.176 e. The standard InChI is InChI=1S/C13H18INO2/c1-13(2,17)9-15(3)8-12(16)10-4-6-11(14)7-5-10/h4-7,17H,8-9H2,1-3H3. The fourth-order valence-electron chi connectivity index (χ4n) is 1.69. The lowest BCUT2D eigenvalue weighted by Gasteiger charge is -2.24. The number of Topliss-reactive ketones (excluding diaryl/α,β-unsaturated/α-hetero) is 1. The van der Waals surface area contributed by atoms with Crippen LogP contribution in [0.25, 0.3) is 0 Å². The molecule has 1 rings (SSSR count). The van der Waals surface area contributed by atoms with Gasteiger partial charge in [-0.2, -0.15) is 0 Å². The summed E-state index contributed by atoms with van der Waals surface area (Å²) in [5, 5.41) is 9.65. The Morgan fingerprint density at radius 1 is 1.35 bits per heavy atom. The van der Waals surface area contributed by atoms with Gasteiger partial charge in [0.2, 0.25) is 0 Å². The van der Waals surface area contributed by atoms with Crippen LogP contribution in [0.1, 0.15) is 24.2 Å². The molecule has 0 radical (unpaired) electrons. The van der Waals surface area contributed by atoms with Crippen molar-refractivity contribution in [1.82, 2.24) is 4.90 Å². The van der Waals surface area contributed by atoms with Gasteiger partial charge in [-0.25, -0.2) is 0 Å². The van der Waals surface area contributed by atoms with Gasteiger partial charge in [0.15, 0.2) is 5.78 Å². The van der Waals surface area contributed by atoms with Crippen LogP contribution in [0, 0.1) is 3.57 Å². The summed E-state index contributed by atoms with van der Waals surface area (Å²) in [7, 11) is 1.84. The predicted molar refractivity (Wildman–Crippen MR) is 77.3 cm³/mol. The molecule has 1 aromatic rings. The van der Waals surface area contributed by atoms with E-state index in [1.807, 2.05) is 36.2 Å². The second-order valence-corrected chi connectivity index (χ2v) is 6.16. The van der Waals surface area contributed by atoms with E-state index in [0.717, 1.165) is 3.57 Å². The number of rotatable bonds is 5. The Bertz CT molecular complexity index is 381. The quantitative estimate of drug-likeness (QED) is 0.656. The summed E-state index contributed by atoms with van der Waals surface area (Å²) in [6, 6.07) is 7.51. The Kier molecular flexibility index (Phi) is 5.09. The van der Waals surface area contributed by atoms with Crippen LogP contribution in [0.15, 0.2) is 24.3 Å². The van der Waals surface area contributed by atoms with Gasteiger partial charge < -0.3 is 5.11 Å². The van der Waals surface area contributed by atoms with Crippen LogP contribution < -0.4 is 0 Å². The van der Waals surface area contributed by atoms with E-state index in [0.29, 0.717) is 18.7 Å². The van der Waals surface area contributed by atoms with E-state index in [4.69, 9.17) is 0 Å². The van der Waals surface area contributed by atoms with Crippen molar-refractivity contribution in [3.8, 4) is 0 Å². The van der Waals surface area contributed by atoms with E-state index in [9.17, 15) is 9.90 Å².